The van der Waals surface area contributed by atoms with Crippen LogP contribution in [0.1, 0.15) is 29.3 Å². The Bertz CT molecular complexity index is 1320. The Morgan fingerprint density at radius 2 is 1.64 bits per heavy atom. The minimum Gasteiger partial charge on any atom is -0.326 e. The molecule has 3 aromatic rings. The summed E-state index contributed by atoms with van der Waals surface area (Å²) in [6, 6.07) is 19.3. The van der Waals surface area contributed by atoms with Crippen molar-refractivity contribution in [1.29, 1.82) is 0 Å². The Morgan fingerprint density at radius 1 is 1.00 bits per heavy atom. The monoisotopic (exact) mass is 486 g/mol. The fraction of sp³-hybridized carbons (Fsp3) is 0.154. The summed E-state index contributed by atoms with van der Waals surface area (Å²) in [6.07, 6.45) is -0.210. The zero-order valence-electron chi connectivity index (χ0n) is 19.3. The molecule has 0 bridgehead atoms. The topological polar surface area (TPSA) is 130 Å². The van der Waals surface area contributed by atoms with Gasteiger partial charge < -0.3 is 10.2 Å². The van der Waals surface area contributed by atoms with Gasteiger partial charge in [-0.05, 0) is 42.0 Å². The van der Waals surface area contributed by atoms with E-state index in [0.29, 0.717) is 11.4 Å². The maximum absolute atomic E-state index is 13.5. The van der Waals surface area contributed by atoms with Crippen LogP contribution in [0.3, 0.4) is 0 Å². The normalized spacial score (nSPS) is 15.0. The molecule has 1 heterocycles. The molecule has 36 heavy (non-hydrogen) atoms. The average Bonchev–Trinajstić information content (AvgIpc) is 3.16. The number of nitrogens with zero attached hydrogens (tertiary/aromatic N) is 3. The Morgan fingerprint density at radius 3 is 2.22 bits per heavy atom. The van der Waals surface area contributed by atoms with Crippen LogP contribution in [0.2, 0.25) is 0 Å². The molecule has 4 amide bonds. The number of hydrogen-bond acceptors (Lipinski definition) is 6. The molecule has 0 spiro atoms. The molecule has 0 radical (unpaired) electrons. The molecule has 0 aromatic heterocycles. The number of benzene rings is 3. The fourth-order valence-corrected chi connectivity index (χ4v) is 4.02. The summed E-state index contributed by atoms with van der Waals surface area (Å²) in [6.45, 7) is 1.44. The van der Waals surface area contributed by atoms with Crippen LogP contribution in [-0.4, -0.2) is 39.5 Å². The van der Waals surface area contributed by atoms with E-state index in [1.165, 1.54) is 36.1 Å². The fourth-order valence-electron chi connectivity index (χ4n) is 4.02. The van der Waals surface area contributed by atoms with E-state index in [2.05, 4.69) is 5.32 Å². The Kier molecular flexibility index (Phi) is 6.86. The van der Waals surface area contributed by atoms with Gasteiger partial charge in [0, 0.05) is 36.9 Å². The van der Waals surface area contributed by atoms with Crippen molar-refractivity contribution in [3.8, 4) is 0 Å². The number of nitro benzene ring substituents is 1. The minimum absolute atomic E-state index is 0.0651. The predicted octanol–water partition coefficient (Wildman–Crippen LogP) is 3.53. The first kappa shape index (κ1) is 24.3. The number of nitrogens with one attached hydrogen (secondary N) is 1. The molecular formula is C26H22N4O6. The van der Waals surface area contributed by atoms with Crippen molar-refractivity contribution in [3.63, 3.8) is 0 Å². The van der Waals surface area contributed by atoms with Gasteiger partial charge in [-0.3, -0.25) is 29.3 Å². The molecule has 1 fully saturated rings. The van der Waals surface area contributed by atoms with Crippen LogP contribution in [0.25, 0.3) is 0 Å². The van der Waals surface area contributed by atoms with Crippen LogP contribution in [0.15, 0.2) is 78.9 Å². The van der Waals surface area contributed by atoms with Gasteiger partial charge >= 0.3 is 0 Å². The zero-order chi connectivity index (χ0) is 25.8. The van der Waals surface area contributed by atoms with Crippen molar-refractivity contribution < 1.29 is 24.1 Å². The largest absolute Gasteiger partial charge is 0.326 e. The summed E-state index contributed by atoms with van der Waals surface area (Å²) in [5.41, 5.74) is 1.59. The molecule has 1 unspecified atom stereocenters. The highest BCUT2D eigenvalue weighted by Crippen LogP contribution is 2.29. The molecule has 1 atom stereocenters. The van der Waals surface area contributed by atoms with Gasteiger partial charge in [-0.25, -0.2) is 4.90 Å². The number of carbonyl (C=O) groups is 4. The summed E-state index contributed by atoms with van der Waals surface area (Å²) in [7, 11) is 0. The lowest BCUT2D eigenvalue weighted by molar-refractivity contribution is -0.384. The van der Waals surface area contributed by atoms with Crippen molar-refractivity contribution in [2.75, 3.05) is 10.2 Å². The third-order valence-electron chi connectivity index (χ3n) is 5.73. The second-order valence-corrected chi connectivity index (χ2v) is 8.24. The highest BCUT2D eigenvalue weighted by Gasteiger charge is 2.44. The van der Waals surface area contributed by atoms with Gasteiger partial charge in [-0.15, -0.1) is 0 Å². The lowest BCUT2D eigenvalue weighted by Crippen LogP contribution is -2.45. The molecule has 10 nitrogen and oxygen atoms in total. The van der Waals surface area contributed by atoms with E-state index >= 15 is 0 Å². The first-order valence-electron chi connectivity index (χ1n) is 11.1. The maximum atomic E-state index is 13.5. The summed E-state index contributed by atoms with van der Waals surface area (Å²) in [5.74, 6) is -1.80. The SMILES string of the molecule is CC(=O)Nc1ccc(N2C(=O)CC(N(Cc3ccccc3)C(=O)c3ccc([N+](=O)[O-])cc3)C2=O)cc1. The standard InChI is InChI=1S/C26H22N4O6/c1-17(31)27-20-9-13-21(14-10-20)29-24(32)15-23(26(29)34)28(16-18-5-3-2-4-6-18)25(33)19-7-11-22(12-8-19)30(35)36/h2-14,23H,15-16H2,1H3,(H,27,31). The minimum atomic E-state index is -1.06. The van der Waals surface area contributed by atoms with E-state index in [4.69, 9.17) is 0 Å². The van der Waals surface area contributed by atoms with Gasteiger partial charge in [0.25, 0.3) is 17.5 Å². The van der Waals surface area contributed by atoms with Gasteiger partial charge in [0.15, 0.2) is 0 Å². The van der Waals surface area contributed by atoms with Gasteiger partial charge in [0.05, 0.1) is 17.0 Å². The lowest BCUT2D eigenvalue weighted by atomic mass is 10.1. The summed E-state index contributed by atoms with van der Waals surface area (Å²) < 4.78 is 0. The summed E-state index contributed by atoms with van der Waals surface area (Å²) in [5, 5.41) is 13.6. The van der Waals surface area contributed by atoms with Gasteiger partial charge in [-0.2, -0.15) is 0 Å². The van der Waals surface area contributed by atoms with Crippen molar-refractivity contribution in [2.45, 2.75) is 25.9 Å². The zero-order valence-corrected chi connectivity index (χ0v) is 19.3. The van der Waals surface area contributed by atoms with Crippen molar-refractivity contribution in [1.82, 2.24) is 4.90 Å². The number of hydrogen-bond donors (Lipinski definition) is 1. The van der Waals surface area contributed by atoms with E-state index in [1.807, 2.05) is 6.07 Å². The van der Waals surface area contributed by atoms with Crippen LogP contribution < -0.4 is 10.2 Å². The molecule has 10 heteroatoms. The Hall–Kier alpha value is -4.86. The van der Waals surface area contributed by atoms with E-state index in [-0.39, 0.29) is 30.1 Å². The molecular weight excluding hydrogens is 464 g/mol. The van der Waals surface area contributed by atoms with Gasteiger partial charge in [-0.1, -0.05) is 30.3 Å². The first-order valence-corrected chi connectivity index (χ1v) is 11.1. The highest BCUT2D eigenvalue weighted by molar-refractivity contribution is 6.23. The third kappa shape index (κ3) is 5.12. The predicted molar refractivity (Wildman–Crippen MR) is 131 cm³/mol. The van der Waals surface area contributed by atoms with Gasteiger partial charge in [0.2, 0.25) is 11.8 Å². The molecule has 0 saturated carbocycles. The lowest BCUT2D eigenvalue weighted by Gasteiger charge is -2.28. The van der Waals surface area contributed by atoms with E-state index in [1.54, 1.807) is 48.5 Å². The number of anilines is 2. The van der Waals surface area contributed by atoms with Crippen molar-refractivity contribution >= 4 is 40.7 Å². The molecule has 4 rings (SSSR count). The Balaban J connectivity index is 1.64. The molecule has 1 aliphatic rings. The van der Waals surface area contributed by atoms with E-state index in [9.17, 15) is 29.3 Å². The molecule has 1 saturated heterocycles. The number of amides is 4. The molecule has 1 N–H and O–H groups in total. The van der Waals surface area contributed by atoms with Crippen LogP contribution in [-0.2, 0) is 20.9 Å². The van der Waals surface area contributed by atoms with Crippen LogP contribution in [0.4, 0.5) is 17.1 Å². The van der Waals surface area contributed by atoms with Crippen LogP contribution in [0, 0.1) is 10.1 Å². The molecule has 0 aliphatic carbocycles. The number of non-ortho nitro benzene ring substituents is 1. The number of rotatable bonds is 7. The van der Waals surface area contributed by atoms with Crippen molar-refractivity contribution in [2.24, 2.45) is 0 Å². The number of carbonyl (C=O) groups excluding carboxylic acids is 4. The summed E-state index contributed by atoms with van der Waals surface area (Å²) in [4.78, 5) is 63.9. The number of imide groups is 1. The van der Waals surface area contributed by atoms with Gasteiger partial charge in [0.1, 0.15) is 6.04 Å². The van der Waals surface area contributed by atoms with Crippen LogP contribution in [0.5, 0.6) is 0 Å². The molecule has 182 valence electrons. The number of nitro groups is 1. The van der Waals surface area contributed by atoms with Crippen LogP contribution >= 0.6 is 0 Å². The van der Waals surface area contributed by atoms with Crippen molar-refractivity contribution in [3.05, 3.63) is 100 Å². The summed E-state index contributed by atoms with van der Waals surface area (Å²) >= 11 is 0. The molecule has 3 aromatic carbocycles. The second-order valence-electron chi connectivity index (χ2n) is 8.24. The third-order valence-corrected chi connectivity index (χ3v) is 5.73. The maximum Gasteiger partial charge on any atom is 0.269 e. The Labute approximate surface area is 206 Å². The smallest absolute Gasteiger partial charge is 0.269 e. The second kappa shape index (κ2) is 10.2. The van der Waals surface area contributed by atoms with E-state index in [0.717, 1.165) is 10.5 Å². The highest BCUT2D eigenvalue weighted by atomic mass is 16.6. The molecule has 1 aliphatic heterocycles. The average molecular weight is 486 g/mol. The quantitative estimate of drug-likeness (QED) is 0.309. The van der Waals surface area contributed by atoms with E-state index < -0.39 is 28.7 Å². The first-order chi connectivity index (χ1) is 17.2.